The zero-order valence-corrected chi connectivity index (χ0v) is 20.5. The second-order valence-corrected chi connectivity index (χ2v) is 9.11. The lowest BCUT2D eigenvalue weighted by Gasteiger charge is -2.12. The molecule has 0 radical (unpaired) electrons. The second-order valence-electron chi connectivity index (χ2n) is 6.78. The van der Waals surface area contributed by atoms with Gasteiger partial charge in [0.1, 0.15) is 12.4 Å². The fourth-order valence-electron chi connectivity index (χ4n) is 3.13. The van der Waals surface area contributed by atoms with Crippen molar-refractivity contribution in [1.29, 1.82) is 0 Å². The van der Waals surface area contributed by atoms with Crippen molar-refractivity contribution in [3.05, 3.63) is 96.6 Å². The van der Waals surface area contributed by atoms with Crippen LogP contribution in [-0.4, -0.2) is 11.6 Å². The van der Waals surface area contributed by atoms with Crippen LogP contribution in [0.15, 0.2) is 83.5 Å². The van der Waals surface area contributed by atoms with Crippen LogP contribution in [0.2, 0.25) is 0 Å². The van der Waals surface area contributed by atoms with Crippen LogP contribution in [0.25, 0.3) is 6.08 Å². The van der Waals surface area contributed by atoms with E-state index in [0.29, 0.717) is 17.9 Å². The molecule has 0 aliphatic carbocycles. The zero-order chi connectivity index (χ0) is 21.1. The number of carbonyl (C=O) groups is 1. The number of hydrogen-bond donors (Lipinski definition) is 0. The van der Waals surface area contributed by atoms with Crippen LogP contribution in [0.1, 0.15) is 18.1 Å². The van der Waals surface area contributed by atoms with Crippen molar-refractivity contribution in [2.24, 2.45) is 5.10 Å². The molecular formula is C24H18I2N2O2. The second kappa shape index (κ2) is 9.30. The van der Waals surface area contributed by atoms with Crippen LogP contribution in [0, 0.1) is 7.14 Å². The molecule has 1 aliphatic heterocycles. The molecule has 3 aromatic rings. The summed E-state index contributed by atoms with van der Waals surface area (Å²) < 4.78 is 8.07. The molecule has 150 valence electrons. The number of rotatable bonds is 5. The first-order valence-electron chi connectivity index (χ1n) is 9.35. The molecule has 0 N–H and O–H groups in total. The highest BCUT2D eigenvalue weighted by Crippen LogP contribution is 2.31. The summed E-state index contributed by atoms with van der Waals surface area (Å²) >= 11 is 4.56. The largest absolute Gasteiger partial charge is 0.487 e. The molecule has 1 heterocycles. The molecule has 30 heavy (non-hydrogen) atoms. The first-order chi connectivity index (χ1) is 14.5. The number of ether oxygens (including phenoxy) is 1. The fourth-order valence-corrected chi connectivity index (χ4v) is 5.25. The van der Waals surface area contributed by atoms with E-state index in [1.165, 1.54) is 5.01 Å². The minimum absolute atomic E-state index is 0.117. The maximum atomic E-state index is 12.9. The molecule has 0 atom stereocenters. The van der Waals surface area contributed by atoms with E-state index < -0.39 is 0 Å². The van der Waals surface area contributed by atoms with Crippen molar-refractivity contribution in [1.82, 2.24) is 0 Å². The highest BCUT2D eigenvalue weighted by molar-refractivity contribution is 14.1. The van der Waals surface area contributed by atoms with Gasteiger partial charge in [0, 0.05) is 0 Å². The fraction of sp³-hybridized carbons (Fsp3) is 0.0833. The third-order valence-corrected chi connectivity index (χ3v) is 6.22. The number of anilines is 1. The van der Waals surface area contributed by atoms with E-state index in [1.807, 2.05) is 85.8 Å². The van der Waals surface area contributed by atoms with Crippen molar-refractivity contribution >= 4 is 68.6 Å². The highest BCUT2D eigenvalue weighted by atomic mass is 127. The summed E-state index contributed by atoms with van der Waals surface area (Å²) in [4.78, 5) is 12.9. The van der Waals surface area contributed by atoms with Crippen molar-refractivity contribution in [3.8, 4) is 5.75 Å². The van der Waals surface area contributed by atoms with Gasteiger partial charge in [0.15, 0.2) is 0 Å². The standard InChI is InChI=1S/C24H18I2N2O2/c1-16-20(24(29)28(27-16)19-10-6-3-7-11-19)12-18-13-21(25)23(22(26)14-18)30-15-17-8-4-2-5-9-17/h2-14H,15H2,1H3/b20-12+. The van der Waals surface area contributed by atoms with Crippen LogP contribution in [0.5, 0.6) is 5.75 Å². The van der Waals surface area contributed by atoms with Gasteiger partial charge in [-0.15, -0.1) is 0 Å². The number of halogens is 2. The van der Waals surface area contributed by atoms with E-state index in [0.717, 1.165) is 29.7 Å². The quantitative estimate of drug-likeness (QED) is 0.249. The van der Waals surface area contributed by atoms with Gasteiger partial charge in [0.25, 0.3) is 5.91 Å². The molecule has 4 rings (SSSR count). The third-order valence-electron chi connectivity index (χ3n) is 4.62. The number of para-hydroxylation sites is 1. The maximum Gasteiger partial charge on any atom is 0.280 e. The molecule has 0 saturated heterocycles. The topological polar surface area (TPSA) is 41.9 Å². The van der Waals surface area contributed by atoms with Crippen molar-refractivity contribution in [2.45, 2.75) is 13.5 Å². The minimum Gasteiger partial charge on any atom is -0.487 e. The van der Waals surface area contributed by atoms with Crippen LogP contribution in [-0.2, 0) is 11.4 Å². The summed E-state index contributed by atoms with van der Waals surface area (Å²) in [5.41, 5.74) is 4.14. The number of carbonyl (C=O) groups excluding carboxylic acids is 1. The van der Waals surface area contributed by atoms with Crippen LogP contribution >= 0.6 is 45.2 Å². The summed E-state index contributed by atoms with van der Waals surface area (Å²) in [5.74, 6) is 0.740. The minimum atomic E-state index is -0.117. The first kappa shape index (κ1) is 21.0. The Morgan fingerprint density at radius 1 is 0.967 bits per heavy atom. The monoisotopic (exact) mass is 620 g/mol. The van der Waals surface area contributed by atoms with Gasteiger partial charge in [0.2, 0.25) is 0 Å². The molecule has 0 unspecified atom stereocenters. The summed E-state index contributed by atoms with van der Waals surface area (Å²) in [6.45, 7) is 2.38. The Bertz CT molecular complexity index is 1120. The van der Waals surface area contributed by atoms with Crippen LogP contribution in [0.3, 0.4) is 0 Å². The van der Waals surface area contributed by atoms with E-state index in [1.54, 1.807) is 0 Å². The Labute approximate surface area is 202 Å². The van der Waals surface area contributed by atoms with Gasteiger partial charge < -0.3 is 4.74 Å². The highest BCUT2D eigenvalue weighted by Gasteiger charge is 2.28. The molecule has 0 spiro atoms. The first-order valence-corrected chi connectivity index (χ1v) is 11.5. The number of benzene rings is 3. The SMILES string of the molecule is CC1=NN(c2ccccc2)C(=O)/C1=C/c1cc(I)c(OCc2ccccc2)c(I)c1. The normalized spacial score (nSPS) is 14.9. The molecular weight excluding hydrogens is 602 g/mol. The van der Waals surface area contributed by atoms with Crippen LogP contribution < -0.4 is 9.75 Å². The molecule has 4 nitrogen and oxygen atoms in total. The van der Waals surface area contributed by atoms with Gasteiger partial charge >= 0.3 is 0 Å². The van der Waals surface area contributed by atoms with E-state index in [4.69, 9.17) is 4.74 Å². The van der Waals surface area contributed by atoms with E-state index in [-0.39, 0.29) is 5.91 Å². The van der Waals surface area contributed by atoms with Gasteiger partial charge in [-0.25, -0.2) is 0 Å². The lowest BCUT2D eigenvalue weighted by Crippen LogP contribution is -2.21. The summed E-state index contributed by atoms with van der Waals surface area (Å²) in [6, 6.07) is 23.6. The molecule has 0 saturated carbocycles. The van der Waals surface area contributed by atoms with Gasteiger partial charge in [-0.2, -0.15) is 10.1 Å². The van der Waals surface area contributed by atoms with Crippen molar-refractivity contribution in [2.75, 3.05) is 5.01 Å². The van der Waals surface area contributed by atoms with E-state index in [2.05, 4.69) is 50.3 Å². The number of hydrazone groups is 1. The number of amides is 1. The predicted octanol–water partition coefficient (Wildman–Crippen LogP) is 6.28. The molecule has 1 aliphatic rings. The molecule has 6 heteroatoms. The lowest BCUT2D eigenvalue weighted by molar-refractivity contribution is -0.114. The molecule has 1 amide bonds. The zero-order valence-electron chi connectivity index (χ0n) is 16.2. The van der Waals surface area contributed by atoms with Gasteiger partial charge in [-0.05, 0) is 93.6 Å². The Morgan fingerprint density at radius 2 is 1.57 bits per heavy atom. The lowest BCUT2D eigenvalue weighted by atomic mass is 10.1. The molecule has 0 aromatic heterocycles. The third kappa shape index (κ3) is 4.59. The van der Waals surface area contributed by atoms with Crippen molar-refractivity contribution < 1.29 is 9.53 Å². The Balaban J connectivity index is 1.57. The van der Waals surface area contributed by atoms with E-state index in [9.17, 15) is 4.79 Å². The summed E-state index contributed by atoms with van der Waals surface area (Å²) in [5, 5.41) is 5.90. The Kier molecular flexibility index (Phi) is 6.52. The molecule has 3 aromatic carbocycles. The molecule has 0 bridgehead atoms. The predicted molar refractivity (Wildman–Crippen MR) is 138 cm³/mol. The Hall–Kier alpha value is -2.20. The van der Waals surface area contributed by atoms with Gasteiger partial charge in [0.05, 0.1) is 24.1 Å². The maximum absolute atomic E-state index is 12.9. The van der Waals surface area contributed by atoms with Crippen LogP contribution in [0.4, 0.5) is 5.69 Å². The average molecular weight is 620 g/mol. The number of nitrogens with zero attached hydrogens (tertiary/aromatic N) is 2. The smallest absolute Gasteiger partial charge is 0.280 e. The van der Waals surface area contributed by atoms with Gasteiger partial charge in [-0.3, -0.25) is 4.79 Å². The van der Waals surface area contributed by atoms with E-state index >= 15 is 0 Å². The average Bonchev–Trinajstić information content (AvgIpc) is 3.03. The summed E-state index contributed by atoms with van der Waals surface area (Å²) in [6.07, 6.45) is 1.90. The number of hydrogen-bond acceptors (Lipinski definition) is 3. The van der Waals surface area contributed by atoms with Gasteiger partial charge in [-0.1, -0.05) is 48.5 Å². The summed E-state index contributed by atoms with van der Waals surface area (Å²) in [7, 11) is 0. The molecule has 0 fully saturated rings. The van der Waals surface area contributed by atoms with Crippen molar-refractivity contribution in [3.63, 3.8) is 0 Å². The Morgan fingerprint density at radius 3 is 2.20 bits per heavy atom.